The van der Waals surface area contributed by atoms with Crippen LogP contribution in [0.5, 0.6) is 0 Å². The molecule has 5 heteroatoms. The molecule has 0 aliphatic rings. The summed E-state index contributed by atoms with van der Waals surface area (Å²) >= 11 is 0. The van der Waals surface area contributed by atoms with Crippen molar-refractivity contribution in [2.45, 2.75) is 39.7 Å². The SMILES string of the molecule is Cc1nc([N+](=O)[O-])ccc1Cc1ccn(C(C)(C)C)c1. The predicted octanol–water partition coefficient (Wildman–Crippen LogP) is 3.45. The first-order valence-corrected chi connectivity index (χ1v) is 6.55. The van der Waals surface area contributed by atoms with Crippen molar-refractivity contribution in [3.05, 3.63) is 57.5 Å². The molecule has 0 unspecified atom stereocenters. The highest BCUT2D eigenvalue weighted by atomic mass is 16.6. The fourth-order valence-corrected chi connectivity index (χ4v) is 2.05. The number of rotatable bonds is 3. The first kappa shape index (κ1) is 14.2. The summed E-state index contributed by atoms with van der Waals surface area (Å²) in [5.41, 5.74) is 2.96. The largest absolute Gasteiger partial charge is 0.363 e. The van der Waals surface area contributed by atoms with Crippen LogP contribution in [0.2, 0.25) is 0 Å². The van der Waals surface area contributed by atoms with Crippen LogP contribution in [-0.2, 0) is 12.0 Å². The Morgan fingerprint density at radius 2 is 2.00 bits per heavy atom. The van der Waals surface area contributed by atoms with Crippen LogP contribution < -0.4 is 0 Å². The molecule has 0 N–H and O–H groups in total. The van der Waals surface area contributed by atoms with Crippen LogP contribution in [0, 0.1) is 17.0 Å². The van der Waals surface area contributed by atoms with Crippen molar-refractivity contribution in [3.63, 3.8) is 0 Å². The molecule has 0 spiro atoms. The van der Waals surface area contributed by atoms with E-state index in [1.807, 2.05) is 6.92 Å². The molecule has 20 heavy (non-hydrogen) atoms. The highest BCUT2D eigenvalue weighted by Crippen LogP contribution is 2.20. The fourth-order valence-electron chi connectivity index (χ4n) is 2.05. The van der Waals surface area contributed by atoms with Gasteiger partial charge in [-0.2, -0.15) is 0 Å². The molecule has 5 nitrogen and oxygen atoms in total. The van der Waals surface area contributed by atoms with Gasteiger partial charge < -0.3 is 14.7 Å². The Hall–Kier alpha value is -2.17. The van der Waals surface area contributed by atoms with Crippen molar-refractivity contribution in [1.29, 1.82) is 0 Å². The molecule has 0 radical (unpaired) electrons. The van der Waals surface area contributed by atoms with Gasteiger partial charge in [0.25, 0.3) is 0 Å². The molecule has 0 aliphatic carbocycles. The smallest absolute Gasteiger partial charge is 0.358 e. The molecular formula is C15H19N3O2. The highest BCUT2D eigenvalue weighted by molar-refractivity contribution is 5.32. The number of aromatic nitrogens is 2. The molecule has 2 aromatic heterocycles. The minimum atomic E-state index is -0.465. The lowest BCUT2D eigenvalue weighted by atomic mass is 10.1. The summed E-state index contributed by atoms with van der Waals surface area (Å²) in [4.78, 5) is 14.2. The van der Waals surface area contributed by atoms with Gasteiger partial charge in [-0.05, 0) is 48.4 Å². The maximum atomic E-state index is 10.7. The van der Waals surface area contributed by atoms with E-state index in [0.717, 1.165) is 12.0 Å². The molecule has 2 aromatic rings. The Morgan fingerprint density at radius 3 is 2.50 bits per heavy atom. The minimum absolute atomic E-state index is 0.0566. The van der Waals surface area contributed by atoms with Gasteiger partial charge in [-0.1, -0.05) is 0 Å². The number of nitro groups is 1. The zero-order valence-electron chi connectivity index (χ0n) is 12.3. The van der Waals surface area contributed by atoms with Crippen LogP contribution in [0.1, 0.15) is 37.6 Å². The van der Waals surface area contributed by atoms with Crippen molar-refractivity contribution < 1.29 is 4.92 Å². The summed E-state index contributed by atoms with van der Waals surface area (Å²) in [6.07, 6.45) is 4.91. The summed E-state index contributed by atoms with van der Waals surface area (Å²) in [6.45, 7) is 8.25. The number of pyridine rings is 1. The standard InChI is InChI=1S/C15H19N3O2/c1-11-13(5-6-14(16-11)18(19)20)9-12-7-8-17(10-12)15(2,3)4/h5-8,10H,9H2,1-4H3. The lowest BCUT2D eigenvalue weighted by Gasteiger charge is -2.20. The second-order valence-corrected chi connectivity index (χ2v) is 5.95. The van der Waals surface area contributed by atoms with Gasteiger partial charge in [-0.3, -0.25) is 0 Å². The molecule has 0 aromatic carbocycles. The van der Waals surface area contributed by atoms with Crippen LogP contribution >= 0.6 is 0 Å². The Labute approximate surface area is 118 Å². The van der Waals surface area contributed by atoms with E-state index in [1.165, 1.54) is 11.6 Å². The molecule has 2 heterocycles. The normalized spacial score (nSPS) is 11.6. The lowest BCUT2D eigenvalue weighted by Crippen LogP contribution is -2.19. The van der Waals surface area contributed by atoms with E-state index in [1.54, 1.807) is 6.07 Å². The van der Waals surface area contributed by atoms with Gasteiger partial charge in [-0.25, -0.2) is 0 Å². The van der Waals surface area contributed by atoms with E-state index in [-0.39, 0.29) is 11.4 Å². The monoisotopic (exact) mass is 273 g/mol. The van der Waals surface area contributed by atoms with Crippen LogP contribution in [0.4, 0.5) is 5.82 Å². The average molecular weight is 273 g/mol. The second-order valence-electron chi connectivity index (χ2n) is 5.95. The van der Waals surface area contributed by atoms with E-state index in [2.05, 4.69) is 48.8 Å². The lowest BCUT2D eigenvalue weighted by molar-refractivity contribution is -0.389. The van der Waals surface area contributed by atoms with Crippen LogP contribution in [-0.4, -0.2) is 14.5 Å². The molecular weight excluding hydrogens is 254 g/mol. The van der Waals surface area contributed by atoms with Gasteiger partial charge in [0.2, 0.25) is 0 Å². The number of aryl methyl sites for hydroxylation is 1. The summed E-state index contributed by atoms with van der Waals surface area (Å²) in [5, 5.41) is 10.7. The van der Waals surface area contributed by atoms with Gasteiger partial charge in [0.05, 0.1) is 0 Å². The summed E-state index contributed by atoms with van der Waals surface area (Å²) in [7, 11) is 0. The Bertz CT molecular complexity index is 639. The molecule has 0 aliphatic heterocycles. The van der Waals surface area contributed by atoms with E-state index >= 15 is 0 Å². The van der Waals surface area contributed by atoms with Crippen molar-refractivity contribution in [1.82, 2.24) is 9.55 Å². The van der Waals surface area contributed by atoms with Crippen molar-refractivity contribution in [3.8, 4) is 0 Å². The molecule has 0 atom stereocenters. The second kappa shape index (κ2) is 5.07. The molecule has 0 fully saturated rings. The Morgan fingerprint density at radius 1 is 1.30 bits per heavy atom. The zero-order valence-corrected chi connectivity index (χ0v) is 12.3. The third-order valence-corrected chi connectivity index (χ3v) is 3.29. The van der Waals surface area contributed by atoms with Crippen molar-refractivity contribution in [2.24, 2.45) is 0 Å². The number of hydrogen-bond acceptors (Lipinski definition) is 3. The molecule has 0 saturated carbocycles. The van der Waals surface area contributed by atoms with Crippen molar-refractivity contribution >= 4 is 5.82 Å². The predicted molar refractivity (Wildman–Crippen MR) is 77.9 cm³/mol. The Balaban J connectivity index is 2.22. The summed E-state index contributed by atoms with van der Waals surface area (Å²) < 4.78 is 2.16. The fraction of sp³-hybridized carbons (Fsp3) is 0.400. The van der Waals surface area contributed by atoms with Gasteiger partial charge in [0.15, 0.2) is 5.69 Å². The van der Waals surface area contributed by atoms with Crippen LogP contribution in [0.15, 0.2) is 30.6 Å². The molecule has 0 amide bonds. The van der Waals surface area contributed by atoms with Gasteiger partial charge in [0, 0.05) is 42.9 Å². The third-order valence-electron chi connectivity index (χ3n) is 3.29. The molecule has 0 saturated heterocycles. The maximum absolute atomic E-state index is 10.7. The number of hydrogen-bond donors (Lipinski definition) is 0. The van der Waals surface area contributed by atoms with E-state index in [0.29, 0.717) is 5.69 Å². The van der Waals surface area contributed by atoms with Gasteiger partial charge >= 0.3 is 5.82 Å². The highest BCUT2D eigenvalue weighted by Gasteiger charge is 2.15. The zero-order chi connectivity index (χ0) is 14.9. The molecule has 106 valence electrons. The number of nitrogens with zero attached hydrogens (tertiary/aromatic N) is 3. The maximum Gasteiger partial charge on any atom is 0.363 e. The van der Waals surface area contributed by atoms with Crippen LogP contribution in [0.3, 0.4) is 0 Å². The summed E-state index contributed by atoms with van der Waals surface area (Å²) in [5.74, 6) is -0.0986. The molecule has 0 bridgehead atoms. The Kier molecular flexibility index (Phi) is 3.61. The molecule has 2 rings (SSSR count). The van der Waals surface area contributed by atoms with E-state index < -0.39 is 4.92 Å². The van der Waals surface area contributed by atoms with Gasteiger partial charge in [0.1, 0.15) is 0 Å². The third kappa shape index (κ3) is 3.04. The van der Waals surface area contributed by atoms with E-state index in [4.69, 9.17) is 0 Å². The first-order chi connectivity index (χ1) is 9.27. The quantitative estimate of drug-likeness (QED) is 0.635. The topological polar surface area (TPSA) is 61.0 Å². The van der Waals surface area contributed by atoms with E-state index in [9.17, 15) is 10.1 Å². The summed E-state index contributed by atoms with van der Waals surface area (Å²) in [6, 6.07) is 5.32. The minimum Gasteiger partial charge on any atom is -0.358 e. The van der Waals surface area contributed by atoms with Crippen LogP contribution in [0.25, 0.3) is 0 Å². The van der Waals surface area contributed by atoms with Crippen molar-refractivity contribution in [2.75, 3.05) is 0 Å². The first-order valence-electron chi connectivity index (χ1n) is 6.55. The van der Waals surface area contributed by atoms with Gasteiger partial charge in [-0.15, -0.1) is 0 Å². The average Bonchev–Trinajstić information content (AvgIpc) is 2.80.